The number of nitrogens with two attached hydrogens (primary N) is 1. The molecule has 0 radical (unpaired) electrons. The van der Waals surface area contributed by atoms with Gasteiger partial charge in [-0.3, -0.25) is 4.57 Å². The van der Waals surface area contributed by atoms with Crippen LogP contribution in [0.1, 0.15) is 12.6 Å². The van der Waals surface area contributed by atoms with Crippen molar-refractivity contribution in [3.05, 3.63) is 22.7 Å². The van der Waals surface area contributed by atoms with Gasteiger partial charge in [-0.15, -0.1) is 0 Å². The maximum Gasteiger partial charge on any atom is 0.351 e. The van der Waals surface area contributed by atoms with Crippen molar-refractivity contribution < 1.29 is 15.1 Å². The van der Waals surface area contributed by atoms with Crippen LogP contribution in [0.3, 0.4) is 0 Å². The van der Waals surface area contributed by atoms with Gasteiger partial charge in [0.2, 0.25) is 0 Å². The molecule has 1 aliphatic heterocycles. The number of ether oxygens (including phenoxy) is 1. The van der Waals surface area contributed by atoms with Crippen LogP contribution in [0, 0.1) is 0 Å². The Bertz CT molecular complexity index is 434. The third kappa shape index (κ3) is 1.91. The normalized spacial score (nSPS) is 29.5. The van der Waals surface area contributed by atoms with Crippen LogP contribution in [-0.4, -0.2) is 32.2 Å². The number of aliphatic hydroxyl groups is 1. The molecule has 16 heavy (non-hydrogen) atoms. The zero-order chi connectivity index (χ0) is 11.7. The Balaban J connectivity index is 2.28. The molecule has 0 spiro atoms. The van der Waals surface area contributed by atoms with Gasteiger partial charge in [-0.05, 0) is 6.07 Å². The fourth-order valence-electron chi connectivity index (χ4n) is 1.60. The van der Waals surface area contributed by atoms with Crippen molar-refractivity contribution in [2.24, 2.45) is 0 Å². The molecule has 88 valence electrons. The van der Waals surface area contributed by atoms with Crippen LogP contribution >= 0.6 is 0 Å². The van der Waals surface area contributed by atoms with Crippen molar-refractivity contribution in [3.8, 4) is 0 Å². The molecule has 8 heteroatoms. The van der Waals surface area contributed by atoms with Crippen LogP contribution in [0.2, 0.25) is 0 Å². The maximum atomic E-state index is 11.5. The highest BCUT2D eigenvalue weighted by Gasteiger charge is 2.35. The largest absolute Gasteiger partial charge is 0.388 e. The van der Waals surface area contributed by atoms with Gasteiger partial charge in [-0.2, -0.15) is 10.5 Å². The highest BCUT2D eigenvalue weighted by molar-refractivity contribution is 5.23. The van der Waals surface area contributed by atoms with Gasteiger partial charge in [0.05, 0.1) is 0 Å². The number of anilines is 1. The predicted octanol–water partition coefficient (Wildman–Crippen LogP) is -1.59. The molecule has 1 fully saturated rings. The molecule has 3 atom stereocenters. The van der Waals surface area contributed by atoms with Gasteiger partial charge in [0, 0.05) is 12.6 Å². The number of hydrogen-bond donors (Lipinski definition) is 4. The highest BCUT2D eigenvalue weighted by atomic mass is 16.6. The van der Waals surface area contributed by atoms with Crippen LogP contribution in [0.25, 0.3) is 0 Å². The average molecular weight is 228 g/mol. The second-order valence-corrected chi connectivity index (χ2v) is 3.49. The van der Waals surface area contributed by atoms with Crippen molar-refractivity contribution in [1.82, 2.24) is 15.0 Å². The Labute approximate surface area is 90.2 Å². The molecule has 8 nitrogen and oxygen atoms in total. The number of nitrogen functional groups attached to an aromatic ring is 1. The first-order valence-electron chi connectivity index (χ1n) is 4.69. The number of hydroxylamine groups is 1. The van der Waals surface area contributed by atoms with E-state index in [1.807, 2.05) is 5.48 Å². The third-order valence-corrected chi connectivity index (χ3v) is 2.36. The van der Waals surface area contributed by atoms with Gasteiger partial charge in [0.25, 0.3) is 0 Å². The fourth-order valence-corrected chi connectivity index (χ4v) is 1.60. The second kappa shape index (κ2) is 4.18. The molecule has 0 bridgehead atoms. The summed E-state index contributed by atoms with van der Waals surface area (Å²) in [5.41, 5.74) is 6.61. The number of rotatable bonds is 2. The van der Waals surface area contributed by atoms with Gasteiger partial charge in [0.15, 0.2) is 6.23 Å². The second-order valence-electron chi connectivity index (χ2n) is 3.49. The van der Waals surface area contributed by atoms with Crippen LogP contribution in [-0.2, 0) is 4.74 Å². The molecule has 1 saturated heterocycles. The van der Waals surface area contributed by atoms with Crippen molar-refractivity contribution in [2.75, 3.05) is 5.73 Å². The fraction of sp³-hybridized carbons (Fsp3) is 0.500. The zero-order valence-electron chi connectivity index (χ0n) is 8.28. The molecular weight excluding hydrogens is 216 g/mol. The Morgan fingerprint density at radius 1 is 1.69 bits per heavy atom. The first-order chi connectivity index (χ1) is 7.61. The first kappa shape index (κ1) is 11.0. The van der Waals surface area contributed by atoms with Crippen LogP contribution in [0.4, 0.5) is 5.82 Å². The number of nitrogens with zero attached hydrogens (tertiary/aromatic N) is 2. The van der Waals surface area contributed by atoms with Crippen LogP contribution in [0.15, 0.2) is 17.1 Å². The van der Waals surface area contributed by atoms with E-state index < -0.39 is 24.2 Å². The minimum Gasteiger partial charge on any atom is -0.388 e. The van der Waals surface area contributed by atoms with E-state index >= 15 is 0 Å². The molecule has 0 aliphatic carbocycles. The smallest absolute Gasteiger partial charge is 0.351 e. The van der Waals surface area contributed by atoms with Crippen LogP contribution < -0.4 is 16.9 Å². The van der Waals surface area contributed by atoms with E-state index in [0.29, 0.717) is 0 Å². The summed E-state index contributed by atoms with van der Waals surface area (Å²) in [7, 11) is 0. The molecule has 5 N–H and O–H groups in total. The molecule has 0 amide bonds. The lowest BCUT2D eigenvalue weighted by Gasteiger charge is -2.16. The summed E-state index contributed by atoms with van der Waals surface area (Å²) in [4.78, 5) is 15.0. The summed E-state index contributed by atoms with van der Waals surface area (Å²) in [6.45, 7) is 0. The molecule has 2 heterocycles. The van der Waals surface area contributed by atoms with Gasteiger partial charge in [-0.1, -0.05) is 0 Å². The van der Waals surface area contributed by atoms with E-state index in [-0.39, 0.29) is 12.2 Å². The zero-order valence-corrected chi connectivity index (χ0v) is 8.28. The Kier molecular flexibility index (Phi) is 2.88. The molecule has 0 aromatic carbocycles. The Hall–Kier alpha value is -1.48. The quantitative estimate of drug-likeness (QED) is 0.450. The monoisotopic (exact) mass is 228 g/mol. The molecule has 2 rings (SSSR count). The number of hydrogen-bond acceptors (Lipinski definition) is 7. The maximum absolute atomic E-state index is 11.5. The molecular formula is C8H12N4O4. The minimum atomic E-state index is -0.896. The predicted molar refractivity (Wildman–Crippen MR) is 52.4 cm³/mol. The number of aromatic nitrogens is 2. The van der Waals surface area contributed by atoms with E-state index in [9.17, 15) is 9.90 Å². The summed E-state index contributed by atoms with van der Waals surface area (Å²) >= 11 is 0. The lowest BCUT2D eigenvalue weighted by Crippen LogP contribution is -2.32. The van der Waals surface area contributed by atoms with Crippen LogP contribution in [0.5, 0.6) is 0 Å². The standard InChI is InChI=1S/C8H12N4O4/c9-5-1-2-12(8(14)10-5)7-4(13)3-6(11-15)16-7/h1-2,4,6-7,11,13,15H,3H2,(H2,9,10,14)/t4-,6+,7-/m1/s1. The molecule has 1 aliphatic rings. The van der Waals surface area contributed by atoms with Crippen molar-refractivity contribution in [2.45, 2.75) is 25.0 Å². The highest BCUT2D eigenvalue weighted by Crippen LogP contribution is 2.25. The molecule has 0 unspecified atom stereocenters. The SMILES string of the molecule is Nc1ccn([C@@H]2O[C@H](NO)C[C@H]2O)c(=O)n1. The molecule has 0 saturated carbocycles. The van der Waals surface area contributed by atoms with Gasteiger partial charge >= 0.3 is 5.69 Å². The lowest BCUT2D eigenvalue weighted by molar-refractivity contribution is -0.0865. The average Bonchev–Trinajstić information content (AvgIpc) is 2.60. The topological polar surface area (TPSA) is 123 Å². The van der Waals surface area contributed by atoms with Gasteiger partial charge < -0.3 is 20.8 Å². The van der Waals surface area contributed by atoms with Crippen molar-refractivity contribution in [1.29, 1.82) is 0 Å². The number of aliphatic hydroxyl groups excluding tert-OH is 1. The summed E-state index contributed by atoms with van der Waals surface area (Å²) in [5, 5.41) is 18.3. The Morgan fingerprint density at radius 3 is 3.00 bits per heavy atom. The summed E-state index contributed by atoms with van der Waals surface area (Å²) in [6.07, 6.45) is -0.904. The van der Waals surface area contributed by atoms with Crippen molar-refractivity contribution in [3.63, 3.8) is 0 Å². The summed E-state index contributed by atoms with van der Waals surface area (Å²) in [6, 6.07) is 1.43. The van der Waals surface area contributed by atoms with Gasteiger partial charge in [-0.25, -0.2) is 4.79 Å². The third-order valence-electron chi connectivity index (χ3n) is 2.36. The lowest BCUT2D eigenvalue weighted by atomic mass is 10.2. The van der Waals surface area contributed by atoms with E-state index in [0.717, 1.165) is 4.57 Å². The van der Waals surface area contributed by atoms with E-state index in [1.165, 1.54) is 12.3 Å². The number of nitrogens with one attached hydrogen (secondary N) is 1. The molecule has 1 aromatic rings. The van der Waals surface area contributed by atoms with E-state index in [1.54, 1.807) is 0 Å². The van der Waals surface area contributed by atoms with E-state index in [2.05, 4.69) is 4.98 Å². The first-order valence-corrected chi connectivity index (χ1v) is 4.69. The summed E-state index contributed by atoms with van der Waals surface area (Å²) < 4.78 is 6.32. The summed E-state index contributed by atoms with van der Waals surface area (Å²) in [5.74, 6) is 0.102. The Morgan fingerprint density at radius 2 is 2.44 bits per heavy atom. The minimum absolute atomic E-state index is 0.102. The molecule has 1 aromatic heterocycles. The van der Waals surface area contributed by atoms with Gasteiger partial charge in [0.1, 0.15) is 18.1 Å². The van der Waals surface area contributed by atoms with Crippen molar-refractivity contribution >= 4 is 5.82 Å². The van der Waals surface area contributed by atoms with E-state index in [4.69, 9.17) is 15.7 Å².